The fraction of sp³-hybridized carbons (Fsp3) is 0.154. The van der Waals surface area contributed by atoms with E-state index < -0.39 is 0 Å². The second-order valence-corrected chi connectivity index (χ2v) is 8.82. The molecule has 2 atom stereocenters. The molecular formula is C26H19Br. The summed E-state index contributed by atoms with van der Waals surface area (Å²) in [6, 6.07) is 27.0. The molecule has 130 valence electrons. The lowest BCUT2D eigenvalue weighted by molar-refractivity contribution is 0.650. The molecule has 3 aliphatic rings. The number of halogens is 1. The summed E-state index contributed by atoms with van der Waals surface area (Å²) in [5.41, 5.74) is 11.1. The first-order chi connectivity index (χ1) is 13.2. The van der Waals surface area contributed by atoms with Crippen molar-refractivity contribution in [2.24, 2.45) is 5.92 Å². The zero-order valence-electron chi connectivity index (χ0n) is 15.1. The lowest BCUT2D eigenvalue weighted by Crippen LogP contribution is -2.33. The van der Waals surface area contributed by atoms with Crippen molar-refractivity contribution in [3.05, 3.63) is 113 Å². The van der Waals surface area contributed by atoms with Crippen molar-refractivity contribution in [1.82, 2.24) is 0 Å². The van der Waals surface area contributed by atoms with Crippen molar-refractivity contribution < 1.29 is 0 Å². The van der Waals surface area contributed by atoms with Crippen molar-refractivity contribution in [2.75, 3.05) is 0 Å². The summed E-state index contributed by atoms with van der Waals surface area (Å²) in [7, 11) is 0. The fourth-order valence-corrected chi connectivity index (χ4v) is 6.26. The number of alkyl halides is 1. The normalized spacial score (nSPS) is 23.2. The van der Waals surface area contributed by atoms with E-state index in [2.05, 4.69) is 108 Å². The van der Waals surface area contributed by atoms with Gasteiger partial charge in [-0.25, -0.2) is 0 Å². The molecular weight excluding hydrogens is 392 g/mol. The summed E-state index contributed by atoms with van der Waals surface area (Å²) >= 11 is 4.10. The van der Waals surface area contributed by atoms with Crippen molar-refractivity contribution in [1.29, 1.82) is 0 Å². The van der Waals surface area contributed by atoms with E-state index in [1.54, 1.807) is 0 Å². The molecule has 3 aromatic rings. The van der Waals surface area contributed by atoms with Crippen molar-refractivity contribution in [3.63, 3.8) is 0 Å². The van der Waals surface area contributed by atoms with E-state index in [1.165, 1.54) is 44.5 Å². The summed E-state index contributed by atoms with van der Waals surface area (Å²) in [5.74, 6) is 0.467. The van der Waals surface area contributed by atoms with E-state index in [-0.39, 0.29) is 5.41 Å². The third kappa shape index (κ3) is 1.74. The Morgan fingerprint density at radius 3 is 1.78 bits per heavy atom. The van der Waals surface area contributed by atoms with E-state index >= 15 is 0 Å². The zero-order valence-corrected chi connectivity index (χ0v) is 16.7. The second kappa shape index (κ2) is 5.33. The maximum absolute atomic E-state index is 4.10. The molecule has 6 rings (SSSR count). The molecule has 1 spiro atoms. The van der Waals surface area contributed by atoms with Crippen LogP contribution in [0.2, 0.25) is 0 Å². The highest BCUT2D eigenvalue weighted by atomic mass is 79.9. The average Bonchev–Trinajstić information content (AvgIpc) is 3.18. The van der Waals surface area contributed by atoms with Gasteiger partial charge in [0.2, 0.25) is 0 Å². The molecule has 0 radical (unpaired) electrons. The Balaban J connectivity index is 1.84. The predicted octanol–water partition coefficient (Wildman–Crippen LogP) is 6.74. The third-order valence-corrected chi connectivity index (χ3v) is 7.86. The molecule has 27 heavy (non-hydrogen) atoms. The number of rotatable bonds is 0. The lowest BCUT2D eigenvalue weighted by Gasteiger charge is -2.37. The molecule has 1 heteroatoms. The Labute approximate surface area is 168 Å². The minimum atomic E-state index is -0.188. The summed E-state index contributed by atoms with van der Waals surface area (Å²) in [6.45, 7) is 2.31. The number of allylic oxidation sites excluding steroid dienone is 4. The fourth-order valence-electron chi connectivity index (χ4n) is 5.50. The van der Waals surface area contributed by atoms with Crippen LogP contribution in [0.25, 0.3) is 16.7 Å². The first-order valence-corrected chi connectivity index (χ1v) is 10.5. The summed E-state index contributed by atoms with van der Waals surface area (Å²) in [6.07, 6.45) is 4.70. The third-order valence-electron chi connectivity index (χ3n) is 6.57. The SMILES string of the molecule is CC1C=CC2=C(C1Br)C1(c3ccccc32)c2ccccc2-c2ccccc21. The summed E-state index contributed by atoms with van der Waals surface area (Å²) in [4.78, 5) is 0.323. The predicted molar refractivity (Wildman–Crippen MR) is 116 cm³/mol. The van der Waals surface area contributed by atoms with Crippen LogP contribution in [0.1, 0.15) is 29.2 Å². The topological polar surface area (TPSA) is 0 Å². The van der Waals surface area contributed by atoms with Crippen LogP contribution < -0.4 is 0 Å². The largest absolute Gasteiger partial charge is 0.0835 e. The van der Waals surface area contributed by atoms with Gasteiger partial charge in [0.15, 0.2) is 0 Å². The summed E-state index contributed by atoms with van der Waals surface area (Å²) in [5, 5.41) is 0. The van der Waals surface area contributed by atoms with Crippen molar-refractivity contribution in [3.8, 4) is 11.1 Å². The molecule has 0 nitrogen and oxygen atoms in total. The van der Waals surface area contributed by atoms with Gasteiger partial charge >= 0.3 is 0 Å². The number of hydrogen-bond donors (Lipinski definition) is 0. The Morgan fingerprint density at radius 1 is 0.704 bits per heavy atom. The van der Waals surface area contributed by atoms with Gasteiger partial charge in [-0.15, -0.1) is 0 Å². The van der Waals surface area contributed by atoms with Gasteiger partial charge in [0, 0.05) is 4.83 Å². The van der Waals surface area contributed by atoms with Crippen LogP contribution in [-0.2, 0) is 5.41 Å². The minimum absolute atomic E-state index is 0.188. The highest BCUT2D eigenvalue weighted by Gasteiger charge is 2.54. The van der Waals surface area contributed by atoms with Crippen LogP contribution >= 0.6 is 15.9 Å². The highest BCUT2D eigenvalue weighted by molar-refractivity contribution is 9.09. The van der Waals surface area contributed by atoms with E-state index in [9.17, 15) is 0 Å². The van der Waals surface area contributed by atoms with Gasteiger partial charge in [0.25, 0.3) is 0 Å². The van der Waals surface area contributed by atoms with E-state index in [4.69, 9.17) is 0 Å². The van der Waals surface area contributed by atoms with Crippen molar-refractivity contribution in [2.45, 2.75) is 17.2 Å². The first-order valence-electron chi connectivity index (χ1n) is 9.60. The van der Waals surface area contributed by atoms with Gasteiger partial charge in [0.05, 0.1) is 5.41 Å². The molecule has 0 bridgehead atoms. The molecule has 3 aromatic carbocycles. The van der Waals surface area contributed by atoms with Gasteiger partial charge in [0.1, 0.15) is 0 Å². The molecule has 0 aromatic heterocycles. The van der Waals surface area contributed by atoms with Gasteiger partial charge in [-0.05, 0) is 50.4 Å². The lowest BCUT2D eigenvalue weighted by atomic mass is 9.67. The number of benzene rings is 3. The smallest absolute Gasteiger partial charge is 0.0699 e. The van der Waals surface area contributed by atoms with Gasteiger partial charge in [-0.1, -0.05) is 108 Å². The van der Waals surface area contributed by atoms with Gasteiger partial charge < -0.3 is 0 Å². The maximum atomic E-state index is 4.10. The average molecular weight is 411 g/mol. The van der Waals surface area contributed by atoms with Crippen LogP contribution in [0.15, 0.2) is 90.5 Å². The Morgan fingerprint density at radius 2 is 1.19 bits per heavy atom. The molecule has 0 aliphatic heterocycles. The quantitative estimate of drug-likeness (QED) is 0.360. The Bertz CT molecular complexity index is 1120. The number of hydrogen-bond acceptors (Lipinski definition) is 0. The molecule has 0 saturated carbocycles. The van der Waals surface area contributed by atoms with E-state index in [0.29, 0.717) is 10.7 Å². The monoisotopic (exact) mass is 410 g/mol. The van der Waals surface area contributed by atoms with Crippen molar-refractivity contribution >= 4 is 21.5 Å². The van der Waals surface area contributed by atoms with Crippen LogP contribution in [0.4, 0.5) is 0 Å². The molecule has 0 N–H and O–H groups in total. The van der Waals surface area contributed by atoms with E-state index in [0.717, 1.165) is 0 Å². The Hall–Kier alpha value is -2.38. The Kier molecular flexibility index (Phi) is 3.09. The zero-order chi connectivity index (χ0) is 18.2. The van der Waals surface area contributed by atoms with Crippen LogP contribution in [0, 0.1) is 5.92 Å². The molecule has 0 heterocycles. The number of fused-ring (bicyclic) bond motifs is 9. The van der Waals surface area contributed by atoms with Gasteiger partial charge in [-0.3, -0.25) is 0 Å². The standard InChI is InChI=1S/C26H19Br/c1-16-14-15-20-19-10-4-7-13-23(19)26(24(20)25(16)27)21-11-5-2-8-17(21)18-9-3-6-12-22(18)26/h2-16,25H,1H3. The minimum Gasteiger partial charge on any atom is -0.0835 e. The van der Waals surface area contributed by atoms with Gasteiger partial charge in [-0.2, -0.15) is 0 Å². The second-order valence-electron chi connectivity index (χ2n) is 7.83. The molecule has 3 aliphatic carbocycles. The molecule has 0 amide bonds. The maximum Gasteiger partial charge on any atom is 0.0699 e. The van der Waals surface area contributed by atoms with Crippen LogP contribution in [-0.4, -0.2) is 4.83 Å². The molecule has 0 saturated heterocycles. The first kappa shape index (κ1) is 15.7. The molecule has 0 fully saturated rings. The van der Waals surface area contributed by atoms with Crippen LogP contribution in [0.5, 0.6) is 0 Å². The molecule has 2 unspecified atom stereocenters. The van der Waals surface area contributed by atoms with Crippen LogP contribution in [0.3, 0.4) is 0 Å². The van der Waals surface area contributed by atoms with E-state index in [1.807, 2.05) is 0 Å². The summed E-state index contributed by atoms with van der Waals surface area (Å²) < 4.78 is 0. The highest BCUT2D eigenvalue weighted by Crippen LogP contribution is 2.64.